The Morgan fingerprint density at radius 1 is 1.28 bits per heavy atom. The summed E-state index contributed by atoms with van der Waals surface area (Å²) < 4.78 is 6.76. The van der Waals surface area contributed by atoms with Crippen molar-refractivity contribution in [2.45, 2.75) is 12.5 Å². The number of hydrogen-bond donors (Lipinski definition) is 1. The zero-order valence-corrected chi connectivity index (χ0v) is 11.9. The first-order valence-corrected chi connectivity index (χ1v) is 7.18. The number of para-hydroxylation sites is 2. The van der Waals surface area contributed by atoms with Crippen LogP contribution in [-0.4, -0.2) is 4.98 Å². The van der Waals surface area contributed by atoms with Crippen molar-refractivity contribution in [2.75, 3.05) is 0 Å². The van der Waals surface area contributed by atoms with Gasteiger partial charge in [0.15, 0.2) is 11.5 Å². The van der Waals surface area contributed by atoms with Gasteiger partial charge in [-0.3, -0.25) is 0 Å². The zero-order chi connectivity index (χ0) is 12.5. The molecule has 0 aliphatic carbocycles. The van der Waals surface area contributed by atoms with Crippen molar-refractivity contribution >= 4 is 38.4 Å². The molecule has 0 saturated carbocycles. The Bertz CT molecular complexity index is 643. The summed E-state index contributed by atoms with van der Waals surface area (Å²) in [6.07, 6.45) is 0.613. The minimum atomic E-state index is -0.0747. The van der Waals surface area contributed by atoms with E-state index in [1.165, 1.54) is 0 Å². The van der Waals surface area contributed by atoms with Crippen molar-refractivity contribution in [2.24, 2.45) is 5.73 Å². The molecular formula is C13H11BrN2OS. The molecule has 3 aromatic rings. The molecule has 0 aliphatic heterocycles. The van der Waals surface area contributed by atoms with Gasteiger partial charge in [0, 0.05) is 17.3 Å². The van der Waals surface area contributed by atoms with E-state index in [-0.39, 0.29) is 6.04 Å². The number of nitrogens with zero attached hydrogens (tertiary/aromatic N) is 1. The summed E-state index contributed by atoms with van der Waals surface area (Å²) >= 11 is 5.08. The van der Waals surface area contributed by atoms with E-state index >= 15 is 0 Å². The third-order valence-electron chi connectivity index (χ3n) is 2.69. The molecule has 5 heteroatoms. The standard InChI is InChI=1S/C13H11BrN2OS/c14-12-6-5-11(18-12)8(15)7-13-16-9-3-1-2-4-10(9)17-13/h1-6,8H,7,15H2. The largest absolute Gasteiger partial charge is 0.441 e. The number of aromatic nitrogens is 1. The number of rotatable bonds is 3. The minimum Gasteiger partial charge on any atom is -0.441 e. The fraction of sp³-hybridized carbons (Fsp3) is 0.154. The Labute approximate surface area is 117 Å². The summed E-state index contributed by atoms with van der Waals surface area (Å²) in [5.74, 6) is 0.688. The lowest BCUT2D eigenvalue weighted by Gasteiger charge is -2.05. The van der Waals surface area contributed by atoms with Gasteiger partial charge in [-0.2, -0.15) is 0 Å². The van der Waals surface area contributed by atoms with Crippen LogP contribution >= 0.6 is 27.3 Å². The van der Waals surface area contributed by atoms with Gasteiger partial charge in [0.1, 0.15) is 5.52 Å². The molecule has 1 unspecified atom stereocenters. The Kier molecular flexibility index (Phi) is 3.20. The molecule has 18 heavy (non-hydrogen) atoms. The van der Waals surface area contributed by atoms with Crippen molar-refractivity contribution in [3.8, 4) is 0 Å². The molecular weight excluding hydrogens is 312 g/mol. The van der Waals surface area contributed by atoms with Crippen molar-refractivity contribution in [1.82, 2.24) is 4.98 Å². The molecule has 0 amide bonds. The van der Waals surface area contributed by atoms with Gasteiger partial charge < -0.3 is 10.2 Å². The maximum atomic E-state index is 6.15. The highest BCUT2D eigenvalue weighted by atomic mass is 79.9. The Morgan fingerprint density at radius 3 is 2.83 bits per heavy atom. The van der Waals surface area contributed by atoms with Crippen LogP contribution in [0, 0.1) is 0 Å². The number of hydrogen-bond acceptors (Lipinski definition) is 4. The molecule has 1 aromatic carbocycles. The molecule has 0 saturated heterocycles. The van der Waals surface area contributed by atoms with Crippen molar-refractivity contribution in [1.29, 1.82) is 0 Å². The van der Waals surface area contributed by atoms with Gasteiger partial charge in [0.2, 0.25) is 0 Å². The normalized spacial score (nSPS) is 13.0. The first kappa shape index (κ1) is 11.9. The van der Waals surface area contributed by atoms with Crippen LogP contribution in [-0.2, 0) is 6.42 Å². The lowest BCUT2D eigenvalue weighted by molar-refractivity contribution is 0.504. The van der Waals surface area contributed by atoms with Gasteiger partial charge in [0.25, 0.3) is 0 Å². The van der Waals surface area contributed by atoms with E-state index in [0.717, 1.165) is 19.8 Å². The SMILES string of the molecule is NC(Cc1nc2ccccc2o1)c1ccc(Br)s1. The second-order valence-electron chi connectivity index (χ2n) is 4.03. The van der Waals surface area contributed by atoms with Gasteiger partial charge in [-0.1, -0.05) is 12.1 Å². The van der Waals surface area contributed by atoms with Crippen LogP contribution in [0.1, 0.15) is 16.8 Å². The number of fused-ring (bicyclic) bond motifs is 1. The second-order valence-corrected chi connectivity index (χ2v) is 6.52. The summed E-state index contributed by atoms with van der Waals surface area (Å²) in [5, 5.41) is 0. The van der Waals surface area contributed by atoms with Gasteiger partial charge in [0.05, 0.1) is 3.79 Å². The first-order valence-electron chi connectivity index (χ1n) is 5.57. The molecule has 2 heterocycles. The van der Waals surface area contributed by atoms with E-state index in [4.69, 9.17) is 10.2 Å². The van der Waals surface area contributed by atoms with Crippen LogP contribution in [0.25, 0.3) is 11.1 Å². The Hall–Kier alpha value is -1.17. The fourth-order valence-electron chi connectivity index (χ4n) is 1.82. The third-order valence-corrected chi connectivity index (χ3v) is 4.45. The fourth-order valence-corrected chi connectivity index (χ4v) is 3.25. The molecule has 2 aromatic heterocycles. The monoisotopic (exact) mass is 322 g/mol. The van der Waals surface area contributed by atoms with Crippen molar-refractivity contribution in [3.05, 3.63) is 51.0 Å². The molecule has 92 valence electrons. The van der Waals surface area contributed by atoms with Crippen LogP contribution in [0.5, 0.6) is 0 Å². The lowest BCUT2D eigenvalue weighted by atomic mass is 10.2. The predicted molar refractivity (Wildman–Crippen MR) is 76.7 cm³/mol. The highest BCUT2D eigenvalue weighted by molar-refractivity contribution is 9.11. The van der Waals surface area contributed by atoms with Crippen LogP contribution in [0.2, 0.25) is 0 Å². The van der Waals surface area contributed by atoms with Crippen LogP contribution in [0.3, 0.4) is 0 Å². The summed E-state index contributed by atoms with van der Waals surface area (Å²) in [6.45, 7) is 0. The topological polar surface area (TPSA) is 52.0 Å². The van der Waals surface area contributed by atoms with Gasteiger partial charge in [-0.05, 0) is 40.2 Å². The molecule has 0 bridgehead atoms. The number of thiophene rings is 1. The van der Waals surface area contributed by atoms with E-state index in [1.54, 1.807) is 11.3 Å². The number of benzene rings is 1. The van der Waals surface area contributed by atoms with Crippen molar-refractivity contribution in [3.63, 3.8) is 0 Å². The summed E-state index contributed by atoms with van der Waals surface area (Å²) in [7, 11) is 0. The van der Waals surface area contributed by atoms with Gasteiger partial charge in [-0.15, -0.1) is 11.3 Å². The van der Waals surface area contributed by atoms with Gasteiger partial charge >= 0.3 is 0 Å². The smallest absolute Gasteiger partial charge is 0.197 e. The molecule has 0 aliphatic rings. The highest BCUT2D eigenvalue weighted by Gasteiger charge is 2.13. The Balaban J connectivity index is 1.83. The van der Waals surface area contributed by atoms with E-state index in [2.05, 4.69) is 20.9 Å². The number of halogens is 1. The Morgan fingerprint density at radius 2 is 2.11 bits per heavy atom. The first-order chi connectivity index (χ1) is 8.72. The average molecular weight is 323 g/mol. The maximum Gasteiger partial charge on any atom is 0.197 e. The zero-order valence-electron chi connectivity index (χ0n) is 9.47. The molecule has 1 atom stereocenters. The van der Waals surface area contributed by atoms with E-state index in [0.29, 0.717) is 12.3 Å². The predicted octanol–water partition coefficient (Wildman–Crippen LogP) is 3.89. The number of oxazole rings is 1. The van der Waals surface area contributed by atoms with E-state index < -0.39 is 0 Å². The second kappa shape index (κ2) is 4.84. The van der Waals surface area contributed by atoms with Crippen LogP contribution in [0.4, 0.5) is 0 Å². The summed E-state index contributed by atoms with van der Waals surface area (Å²) in [5.41, 5.74) is 7.85. The summed E-state index contributed by atoms with van der Waals surface area (Å²) in [4.78, 5) is 5.56. The van der Waals surface area contributed by atoms with Crippen LogP contribution < -0.4 is 5.73 Å². The molecule has 2 N–H and O–H groups in total. The van der Waals surface area contributed by atoms with Gasteiger partial charge in [-0.25, -0.2) is 4.98 Å². The van der Waals surface area contributed by atoms with E-state index in [1.807, 2.05) is 36.4 Å². The van der Waals surface area contributed by atoms with Crippen LogP contribution in [0.15, 0.2) is 44.6 Å². The molecule has 3 rings (SSSR count). The van der Waals surface area contributed by atoms with E-state index in [9.17, 15) is 0 Å². The molecule has 3 nitrogen and oxygen atoms in total. The molecule has 0 radical (unpaired) electrons. The quantitative estimate of drug-likeness (QED) is 0.795. The van der Waals surface area contributed by atoms with Crippen molar-refractivity contribution < 1.29 is 4.42 Å². The average Bonchev–Trinajstić information content (AvgIpc) is 2.94. The maximum absolute atomic E-state index is 6.15. The highest BCUT2D eigenvalue weighted by Crippen LogP contribution is 2.28. The minimum absolute atomic E-state index is 0.0747. The number of nitrogens with two attached hydrogens (primary N) is 1. The summed E-state index contributed by atoms with van der Waals surface area (Å²) in [6, 6.07) is 11.7. The molecule has 0 fully saturated rings. The lowest BCUT2D eigenvalue weighted by Crippen LogP contribution is -2.11. The molecule has 0 spiro atoms. The third kappa shape index (κ3) is 2.34.